The van der Waals surface area contributed by atoms with E-state index in [9.17, 15) is 24.9 Å². The lowest BCUT2D eigenvalue weighted by molar-refractivity contribution is 0.194. The highest BCUT2D eigenvalue weighted by atomic mass is 16.4. The molecule has 0 fully saturated rings. The highest BCUT2D eigenvalue weighted by molar-refractivity contribution is 5.95. The number of nitrogens with one attached hydrogen (secondary N) is 1. The van der Waals surface area contributed by atoms with Crippen LogP contribution in [0.5, 0.6) is 0 Å². The fourth-order valence-electron chi connectivity index (χ4n) is 3.19. The number of para-hydroxylation sites is 1. The predicted molar refractivity (Wildman–Crippen MR) is 125 cm³/mol. The Morgan fingerprint density at radius 3 is 2.22 bits per heavy atom. The number of carboxylic acid groups (broad SMARTS) is 2. The molecular weight excluding hydrogens is 416 g/mol. The van der Waals surface area contributed by atoms with E-state index in [-0.39, 0.29) is 42.6 Å². The molecule has 32 heavy (non-hydrogen) atoms. The van der Waals surface area contributed by atoms with Gasteiger partial charge in [-0.15, -0.1) is 0 Å². The van der Waals surface area contributed by atoms with Crippen molar-refractivity contribution in [3.8, 4) is 0 Å². The van der Waals surface area contributed by atoms with Crippen LogP contribution in [0.3, 0.4) is 0 Å². The van der Waals surface area contributed by atoms with E-state index in [0.717, 1.165) is 15.5 Å². The molecule has 0 bridgehead atoms. The first-order chi connectivity index (χ1) is 15.2. The lowest BCUT2D eigenvalue weighted by Crippen LogP contribution is -2.35. The molecule has 11 nitrogen and oxygen atoms in total. The van der Waals surface area contributed by atoms with Gasteiger partial charge in [-0.2, -0.15) is 0 Å². The average molecular weight is 447 g/mol. The van der Waals surface area contributed by atoms with Gasteiger partial charge in [-0.3, -0.25) is 9.80 Å². The molecular formula is C21H30N6O5. The molecule has 1 atom stereocenters. The standard InChI is InChI=1S/C21H30N6O5/c1-4-26(20(29)30)17-11-16(18(22)19(24-17)27(5-2)21(31)32)23-12-15(28)13-25(3)14-9-7-6-8-10-14/h6-11,15,28H,4-5,12-13,22H2,1-3H3,(H,23,24)(H,29,30)(H,31,32). The first kappa shape index (κ1) is 24.5. The third-order valence-electron chi connectivity index (χ3n) is 4.86. The van der Waals surface area contributed by atoms with Crippen molar-refractivity contribution in [1.29, 1.82) is 0 Å². The number of aliphatic hydroxyl groups excluding tert-OH is 1. The number of nitrogens with zero attached hydrogens (tertiary/aromatic N) is 4. The van der Waals surface area contributed by atoms with Crippen LogP contribution >= 0.6 is 0 Å². The maximum Gasteiger partial charge on any atom is 0.413 e. The molecule has 0 aliphatic heterocycles. The van der Waals surface area contributed by atoms with Gasteiger partial charge in [0.2, 0.25) is 0 Å². The Morgan fingerprint density at radius 2 is 1.69 bits per heavy atom. The van der Waals surface area contributed by atoms with E-state index in [0.29, 0.717) is 6.54 Å². The maximum absolute atomic E-state index is 11.6. The molecule has 0 aliphatic rings. The van der Waals surface area contributed by atoms with Gasteiger partial charge in [-0.05, 0) is 26.0 Å². The van der Waals surface area contributed by atoms with Crippen LogP contribution in [0.4, 0.5) is 38.3 Å². The van der Waals surface area contributed by atoms with Crippen molar-refractivity contribution in [2.75, 3.05) is 59.0 Å². The van der Waals surface area contributed by atoms with Crippen LogP contribution in [0.25, 0.3) is 0 Å². The molecule has 0 saturated carbocycles. The SMILES string of the molecule is CCN(C(=O)O)c1cc(NCC(O)CN(C)c2ccccc2)c(N)c(N(CC)C(=O)O)n1. The van der Waals surface area contributed by atoms with E-state index >= 15 is 0 Å². The van der Waals surface area contributed by atoms with Crippen LogP contribution in [0, 0.1) is 0 Å². The van der Waals surface area contributed by atoms with Crippen LogP contribution in [-0.4, -0.2) is 71.8 Å². The zero-order valence-electron chi connectivity index (χ0n) is 18.4. The fourth-order valence-corrected chi connectivity index (χ4v) is 3.19. The normalized spacial score (nSPS) is 11.5. The Hall–Kier alpha value is -3.73. The summed E-state index contributed by atoms with van der Waals surface area (Å²) >= 11 is 0. The predicted octanol–water partition coefficient (Wildman–Crippen LogP) is 2.58. The average Bonchev–Trinajstić information content (AvgIpc) is 2.75. The van der Waals surface area contributed by atoms with Crippen molar-refractivity contribution in [2.24, 2.45) is 0 Å². The third kappa shape index (κ3) is 5.91. The van der Waals surface area contributed by atoms with Crippen molar-refractivity contribution >= 4 is 40.9 Å². The van der Waals surface area contributed by atoms with Gasteiger partial charge in [-0.25, -0.2) is 14.6 Å². The first-order valence-corrected chi connectivity index (χ1v) is 10.2. The summed E-state index contributed by atoms with van der Waals surface area (Å²) in [6.45, 7) is 3.86. The van der Waals surface area contributed by atoms with E-state index in [1.165, 1.54) is 6.07 Å². The molecule has 1 heterocycles. The first-order valence-electron chi connectivity index (χ1n) is 10.2. The topological polar surface area (TPSA) is 155 Å². The van der Waals surface area contributed by atoms with Crippen molar-refractivity contribution < 1.29 is 24.9 Å². The van der Waals surface area contributed by atoms with Crippen LogP contribution in [0.1, 0.15) is 13.8 Å². The smallest absolute Gasteiger partial charge is 0.413 e. The van der Waals surface area contributed by atoms with Gasteiger partial charge in [0.05, 0.1) is 17.5 Å². The molecule has 0 aliphatic carbocycles. The van der Waals surface area contributed by atoms with Gasteiger partial charge in [0.25, 0.3) is 0 Å². The lowest BCUT2D eigenvalue weighted by atomic mass is 10.2. The summed E-state index contributed by atoms with van der Waals surface area (Å²) in [6, 6.07) is 11.0. The molecule has 2 amide bonds. The summed E-state index contributed by atoms with van der Waals surface area (Å²) in [5.41, 5.74) is 7.45. The zero-order chi connectivity index (χ0) is 23.8. The van der Waals surface area contributed by atoms with Crippen molar-refractivity contribution in [3.63, 3.8) is 0 Å². The van der Waals surface area contributed by atoms with Crippen LogP contribution in [0.2, 0.25) is 0 Å². The van der Waals surface area contributed by atoms with E-state index in [1.54, 1.807) is 13.8 Å². The lowest BCUT2D eigenvalue weighted by Gasteiger charge is -2.26. The number of likely N-dealkylation sites (N-methyl/N-ethyl adjacent to an activating group) is 1. The Morgan fingerprint density at radius 1 is 1.09 bits per heavy atom. The summed E-state index contributed by atoms with van der Waals surface area (Å²) in [5.74, 6) is -0.0436. The summed E-state index contributed by atoms with van der Waals surface area (Å²) in [7, 11) is 1.85. The molecule has 1 aromatic heterocycles. The van der Waals surface area contributed by atoms with Crippen LogP contribution < -0.4 is 25.8 Å². The second-order valence-corrected chi connectivity index (χ2v) is 7.07. The zero-order valence-corrected chi connectivity index (χ0v) is 18.4. The molecule has 0 saturated heterocycles. The number of nitrogens with two attached hydrogens (primary N) is 1. The Balaban J connectivity index is 2.28. The Labute approximate surface area is 186 Å². The molecule has 6 N–H and O–H groups in total. The van der Waals surface area contributed by atoms with Gasteiger partial charge >= 0.3 is 12.2 Å². The number of rotatable bonds is 10. The van der Waals surface area contributed by atoms with Gasteiger partial charge < -0.3 is 31.3 Å². The molecule has 0 radical (unpaired) electrons. The Bertz CT molecular complexity index is 926. The van der Waals surface area contributed by atoms with Gasteiger partial charge in [0.15, 0.2) is 5.82 Å². The number of pyridine rings is 1. The molecule has 0 spiro atoms. The quantitative estimate of drug-likeness (QED) is 0.370. The van der Waals surface area contributed by atoms with E-state index < -0.39 is 18.3 Å². The number of benzene rings is 1. The summed E-state index contributed by atoms with van der Waals surface area (Å²) < 4.78 is 0. The molecule has 2 rings (SSSR count). The minimum atomic E-state index is -1.27. The van der Waals surface area contributed by atoms with Gasteiger partial charge in [0.1, 0.15) is 5.82 Å². The number of nitrogen functional groups attached to an aromatic ring is 1. The molecule has 2 aromatic rings. The van der Waals surface area contributed by atoms with Crippen molar-refractivity contribution in [2.45, 2.75) is 20.0 Å². The minimum Gasteiger partial charge on any atom is -0.465 e. The van der Waals surface area contributed by atoms with Crippen LogP contribution in [0.15, 0.2) is 36.4 Å². The summed E-state index contributed by atoms with van der Waals surface area (Å²) in [6.07, 6.45) is -3.29. The minimum absolute atomic E-state index is 0.0299. The molecule has 1 aromatic carbocycles. The molecule has 174 valence electrons. The van der Waals surface area contributed by atoms with Crippen molar-refractivity contribution in [3.05, 3.63) is 36.4 Å². The van der Waals surface area contributed by atoms with E-state index in [1.807, 2.05) is 42.3 Å². The monoisotopic (exact) mass is 446 g/mol. The number of aliphatic hydroxyl groups is 1. The number of amides is 2. The molecule has 1 unspecified atom stereocenters. The number of hydrogen-bond donors (Lipinski definition) is 5. The van der Waals surface area contributed by atoms with Gasteiger partial charge in [-0.1, -0.05) is 18.2 Å². The highest BCUT2D eigenvalue weighted by Gasteiger charge is 2.24. The van der Waals surface area contributed by atoms with E-state index in [4.69, 9.17) is 5.73 Å². The maximum atomic E-state index is 11.6. The largest absolute Gasteiger partial charge is 0.465 e. The summed E-state index contributed by atoms with van der Waals surface area (Å²) in [5, 5.41) is 32.5. The fraction of sp³-hybridized carbons (Fsp3) is 0.381. The number of carbonyl (C=O) groups is 2. The third-order valence-corrected chi connectivity index (χ3v) is 4.86. The van der Waals surface area contributed by atoms with Gasteiger partial charge in [0, 0.05) is 45.0 Å². The highest BCUT2D eigenvalue weighted by Crippen LogP contribution is 2.33. The van der Waals surface area contributed by atoms with Crippen LogP contribution in [-0.2, 0) is 0 Å². The molecule has 11 heteroatoms. The second-order valence-electron chi connectivity index (χ2n) is 7.07. The number of hydrogen-bond acceptors (Lipinski definition) is 7. The second kappa shape index (κ2) is 11.0. The number of anilines is 5. The van der Waals surface area contributed by atoms with E-state index in [2.05, 4.69) is 10.3 Å². The Kier molecular flexibility index (Phi) is 8.47. The number of aromatic nitrogens is 1. The van der Waals surface area contributed by atoms with Crippen molar-refractivity contribution in [1.82, 2.24) is 4.98 Å². The summed E-state index contributed by atoms with van der Waals surface area (Å²) in [4.78, 5) is 31.2.